The maximum atomic E-state index is 8.42. The van der Waals surface area contributed by atoms with Crippen molar-refractivity contribution in [3.63, 3.8) is 0 Å². The SMILES string of the molecule is [Mg+][c]1ccccc1.[Mg+][c]1ccccc1.[Mg+][c]1ccccc1.[O-]B([O-])[O-]. The predicted molar refractivity (Wildman–Crippen MR) is 101 cm³/mol. The van der Waals surface area contributed by atoms with Gasteiger partial charge in [0.05, 0.1) is 0 Å². The molecular formula is C18H15BMg3O3. The fraction of sp³-hybridized carbons (Fsp3) is 0. The largest absolute Gasteiger partial charge is 0.907 e. The zero-order chi connectivity index (χ0) is 18.9. The second-order valence-corrected chi connectivity index (χ2v) is 7.19. The summed E-state index contributed by atoms with van der Waals surface area (Å²) >= 11 is 5.70. The Morgan fingerprint density at radius 1 is 0.440 bits per heavy atom. The van der Waals surface area contributed by atoms with Gasteiger partial charge in [-0.25, -0.2) is 0 Å². The van der Waals surface area contributed by atoms with E-state index in [1.165, 1.54) is 11.1 Å². The molecule has 3 nitrogen and oxygen atoms in total. The molecule has 0 spiro atoms. The molecule has 3 aromatic carbocycles. The quantitative estimate of drug-likeness (QED) is 0.415. The van der Waals surface area contributed by atoms with Gasteiger partial charge >= 0.3 is 167 Å². The molecular weight excluding hydrogens is 348 g/mol. The minimum absolute atomic E-state index is 1.35. The zero-order valence-corrected chi connectivity index (χ0v) is 18.3. The van der Waals surface area contributed by atoms with Crippen LogP contribution in [-0.4, -0.2) is 72.4 Å². The van der Waals surface area contributed by atoms with Crippen LogP contribution < -0.4 is 26.2 Å². The Balaban J connectivity index is 0.000000314. The maximum Gasteiger partial charge on any atom is -0.278 e. The van der Waals surface area contributed by atoms with E-state index in [-0.39, 0.29) is 0 Å². The van der Waals surface area contributed by atoms with Crippen molar-refractivity contribution in [3.8, 4) is 0 Å². The molecule has 0 aliphatic rings. The zero-order valence-electron chi connectivity index (χ0n) is 14.1. The molecule has 25 heavy (non-hydrogen) atoms. The summed E-state index contributed by atoms with van der Waals surface area (Å²) in [5.41, 5.74) is 0. The van der Waals surface area contributed by atoms with Gasteiger partial charge in [-0.1, -0.05) is 0 Å². The van der Waals surface area contributed by atoms with Crippen molar-refractivity contribution in [2.24, 2.45) is 0 Å². The molecule has 0 atom stereocenters. The van der Waals surface area contributed by atoms with E-state index in [1.54, 1.807) is 0 Å². The van der Waals surface area contributed by atoms with Crippen LogP contribution in [0.15, 0.2) is 91.0 Å². The minimum atomic E-state index is -2.92. The number of hydrogen-bond acceptors (Lipinski definition) is 3. The van der Waals surface area contributed by atoms with Crippen LogP contribution >= 0.6 is 0 Å². The van der Waals surface area contributed by atoms with E-state index in [4.69, 9.17) is 15.1 Å². The Labute approximate surface area is 188 Å². The van der Waals surface area contributed by atoms with E-state index >= 15 is 0 Å². The maximum absolute atomic E-state index is 8.42. The normalized spacial score (nSPS) is 8.52. The molecule has 0 fully saturated rings. The van der Waals surface area contributed by atoms with Crippen molar-refractivity contribution in [2.45, 2.75) is 0 Å². The van der Waals surface area contributed by atoms with Gasteiger partial charge in [-0.2, -0.15) is 0 Å². The first kappa shape index (κ1) is 24.9. The standard InChI is InChI=1S/3C6H5.BO3.3Mg/c3*1-2-4-6-5-3-1;2-1(3)4;;;/h3*1-5H;;;;/q;;;-3;3*+1. The topological polar surface area (TPSA) is 69.2 Å². The molecule has 0 aliphatic carbocycles. The second-order valence-electron chi connectivity index (χ2n) is 4.75. The summed E-state index contributed by atoms with van der Waals surface area (Å²) in [7, 11) is -2.92. The monoisotopic (exact) mass is 362 g/mol. The molecule has 3 aromatic rings. The number of rotatable bonds is 0. The summed E-state index contributed by atoms with van der Waals surface area (Å²) in [4.78, 5) is 0. The second kappa shape index (κ2) is 17.3. The Kier molecular flexibility index (Phi) is 17.3. The van der Waals surface area contributed by atoms with Crippen molar-refractivity contribution in [3.05, 3.63) is 91.0 Å². The summed E-state index contributed by atoms with van der Waals surface area (Å²) in [6.45, 7) is 0. The molecule has 3 rings (SSSR count). The van der Waals surface area contributed by atoms with Crippen LogP contribution in [0.5, 0.6) is 0 Å². The first-order chi connectivity index (χ1) is 11.9. The summed E-state index contributed by atoms with van der Waals surface area (Å²) in [5.74, 6) is 0. The Morgan fingerprint density at radius 2 is 0.600 bits per heavy atom. The van der Waals surface area contributed by atoms with Crippen LogP contribution in [0.3, 0.4) is 0 Å². The molecule has 0 N–H and O–H groups in total. The van der Waals surface area contributed by atoms with E-state index in [0.717, 1.165) is 0 Å². The average molecular weight is 363 g/mol. The molecule has 7 heteroatoms. The summed E-state index contributed by atoms with van der Waals surface area (Å²) in [6.07, 6.45) is 0. The van der Waals surface area contributed by atoms with E-state index in [2.05, 4.69) is 36.4 Å². The fourth-order valence-corrected chi connectivity index (χ4v) is 2.25. The van der Waals surface area contributed by atoms with Crippen LogP contribution in [0, 0.1) is 0 Å². The summed E-state index contributed by atoms with van der Waals surface area (Å²) in [6, 6.07) is 30.9. The van der Waals surface area contributed by atoms with Gasteiger partial charge in [0.15, 0.2) is 0 Å². The molecule has 0 aromatic heterocycles. The minimum Gasteiger partial charge on any atom is -0.907 e. The third-order valence-corrected chi connectivity index (χ3v) is 3.94. The van der Waals surface area contributed by atoms with E-state index in [9.17, 15) is 0 Å². The van der Waals surface area contributed by atoms with E-state index in [0.29, 0.717) is 0 Å². The van der Waals surface area contributed by atoms with Crippen molar-refractivity contribution < 1.29 is 15.1 Å². The van der Waals surface area contributed by atoms with E-state index < -0.39 is 7.32 Å². The molecule has 0 amide bonds. The van der Waals surface area contributed by atoms with Crippen molar-refractivity contribution in [1.82, 2.24) is 0 Å². The Bertz CT molecular complexity index is 550. The van der Waals surface area contributed by atoms with Gasteiger partial charge in [0.1, 0.15) is 0 Å². The molecule has 0 heterocycles. The third kappa shape index (κ3) is 20.1. The molecule has 0 radical (unpaired) electrons. The van der Waals surface area contributed by atoms with Crippen LogP contribution in [0.2, 0.25) is 0 Å². The van der Waals surface area contributed by atoms with Gasteiger partial charge in [0.25, 0.3) is 0 Å². The molecule has 0 unspecified atom stereocenters. The van der Waals surface area contributed by atoms with E-state index in [1.807, 2.05) is 120 Å². The van der Waals surface area contributed by atoms with Crippen molar-refractivity contribution in [2.75, 3.05) is 0 Å². The number of benzene rings is 3. The van der Waals surface area contributed by atoms with Gasteiger partial charge in [-0.05, 0) is 0 Å². The molecule has 0 bridgehead atoms. The average Bonchev–Trinajstić information content (AvgIpc) is 2.58. The predicted octanol–water partition coefficient (Wildman–Crippen LogP) is -2.51. The fourth-order valence-electron chi connectivity index (χ4n) is 1.43. The smallest absolute Gasteiger partial charge is 0.278 e. The van der Waals surface area contributed by atoms with Gasteiger partial charge in [0.2, 0.25) is 0 Å². The molecule has 0 saturated heterocycles. The summed E-state index contributed by atoms with van der Waals surface area (Å²) in [5, 5.41) is 25.2. The van der Waals surface area contributed by atoms with Crippen molar-refractivity contribution in [1.29, 1.82) is 0 Å². The van der Waals surface area contributed by atoms with Crippen molar-refractivity contribution >= 4 is 83.5 Å². The molecule has 0 aliphatic heterocycles. The summed E-state index contributed by atoms with van der Waals surface area (Å²) < 4.78 is 4.05. The first-order valence-electron chi connectivity index (χ1n) is 7.50. The Hall–Kier alpha value is -0.0964. The van der Waals surface area contributed by atoms with Gasteiger partial charge in [0, 0.05) is 0 Å². The van der Waals surface area contributed by atoms with Gasteiger partial charge in [-0.3, -0.25) is 7.32 Å². The van der Waals surface area contributed by atoms with Gasteiger partial charge < -0.3 is 15.1 Å². The molecule has 114 valence electrons. The Morgan fingerprint density at radius 3 is 0.680 bits per heavy atom. The molecule has 0 saturated carbocycles. The van der Waals surface area contributed by atoms with Crippen LogP contribution in [0.1, 0.15) is 0 Å². The van der Waals surface area contributed by atoms with Gasteiger partial charge in [-0.15, -0.1) is 0 Å². The van der Waals surface area contributed by atoms with Crippen LogP contribution in [0.25, 0.3) is 0 Å². The van der Waals surface area contributed by atoms with Crippen LogP contribution in [-0.2, 0) is 0 Å². The third-order valence-electron chi connectivity index (χ3n) is 2.53. The number of hydrogen-bond donors (Lipinski definition) is 0. The first-order valence-corrected chi connectivity index (χ1v) is 9.62. The van der Waals surface area contributed by atoms with Crippen LogP contribution in [0.4, 0.5) is 0 Å².